The number of ether oxygens (including phenoxy) is 1. The van der Waals surface area contributed by atoms with Gasteiger partial charge in [0.25, 0.3) is 5.56 Å². The quantitative estimate of drug-likeness (QED) is 0.227. The van der Waals surface area contributed by atoms with Crippen molar-refractivity contribution < 1.29 is 14.3 Å². The number of aromatic nitrogens is 2. The number of fused-ring (bicyclic) bond motifs is 3. The maximum Gasteiger partial charge on any atom is 0.305 e. The Balaban J connectivity index is 1.70. The number of thioether (sulfide) groups is 1. The summed E-state index contributed by atoms with van der Waals surface area (Å²) < 4.78 is 6.65. The molecule has 0 saturated heterocycles. The van der Waals surface area contributed by atoms with Crippen LogP contribution in [0.25, 0.3) is 10.2 Å². The Morgan fingerprint density at radius 3 is 2.81 bits per heavy atom. The largest absolute Gasteiger partial charge is 0.466 e. The number of aryl methyl sites for hydroxylation is 2. The second-order valence-corrected chi connectivity index (χ2v) is 10.5. The normalized spacial score (nSPS) is 13.4. The van der Waals surface area contributed by atoms with Gasteiger partial charge in [0.05, 0.1) is 17.7 Å². The summed E-state index contributed by atoms with van der Waals surface area (Å²) in [7, 11) is 0. The molecule has 9 heteroatoms. The first-order valence-electron chi connectivity index (χ1n) is 11.5. The number of amides is 1. The summed E-state index contributed by atoms with van der Waals surface area (Å²) >= 11 is 2.95. The fourth-order valence-electron chi connectivity index (χ4n) is 3.79. The van der Waals surface area contributed by atoms with E-state index in [1.54, 1.807) is 22.8 Å². The molecule has 0 saturated carbocycles. The van der Waals surface area contributed by atoms with Gasteiger partial charge >= 0.3 is 5.97 Å². The first-order chi connectivity index (χ1) is 15.4. The highest BCUT2D eigenvalue weighted by molar-refractivity contribution is 7.99. The van der Waals surface area contributed by atoms with Crippen molar-refractivity contribution in [2.24, 2.45) is 5.92 Å². The highest BCUT2D eigenvalue weighted by Crippen LogP contribution is 2.34. The van der Waals surface area contributed by atoms with Crippen LogP contribution in [0.15, 0.2) is 9.95 Å². The second kappa shape index (κ2) is 11.8. The monoisotopic (exact) mass is 479 g/mol. The number of nitrogens with zero attached hydrogens (tertiary/aromatic N) is 2. The lowest BCUT2D eigenvalue weighted by atomic mass is 9.97. The van der Waals surface area contributed by atoms with Crippen molar-refractivity contribution in [1.82, 2.24) is 14.9 Å². The number of hydrogen-bond acceptors (Lipinski definition) is 7. The first kappa shape index (κ1) is 24.8. The van der Waals surface area contributed by atoms with Gasteiger partial charge in [-0.1, -0.05) is 25.6 Å². The van der Waals surface area contributed by atoms with E-state index in [1.165, 1.54) is 28.6 Å². The minimum absolute atomic E-state index is 0.0346. The average Bonchev–Trinajstić information content (AvgIpc) is 3.13. The molecule has 32 heavy (non-hydrogen) atoms. The molecule has 1 N–H and O–H groups in total. The summed E-state index contributed by atoms with van der Waals surface area (Å²) in [6, 6.07) is 0. The van der Waals surface area contributed by atoms with Crippen LogP contribution in [-0.2, 0) is 33.7 Å². The van der Waals surface area contributed by atoms with Gasteiger partial charge < -0.3 is 10.1 Å². The molecule has 0 aliphatic heterocycles. The van der Waals surface area contributed by atoms with E-state index in [-0.39, 0.29) is 29.6 Å². The van der Waals surface area contributed by atoms with Crippen LogP contribution in [0.5, 0.6) is 0 Å². The SMILES string of the molecule is CCOC(=O)CCCNC(=O)CSc1nc2sc3c(c2c(=O)n1CCC(C)C)CCCC3. The number of rotatable bonds is 11. The number of carbonyl (C=O) groups is 2. The molecule has 0 bridgehead atoms. The summed E-state index contributed by atoms with van der Waals surface area (Å²) in [5, 5.41) is 4.24. The number of carbonyl (C=O) groups excluding carboxylic acids is 2. The number of esters is 1. The molecule has 7 nitrogen and oxygen atoms in total. The fourth-order valence-corrected chi connectivity index (χ4v) is 5.95. The fraction of sp³-hybridized carbons (Fsp3) is 0.652. The third-order valence-corrected chi connectivity index (χ3v) is 7.65. The Bertz CT molecular complexity index is 1010. The van der Waals surface area contributed by atoms with E-state index in [0.717, 1.165) is 35.9 Å². The predicted octanol–water partition coefficient (Wildman–Crippen LogP) is 3.93. The van der Waals surface area contributed by atoms with E-state index >= 15 is 0 Å². The van der Waals surface area contributed by atoms with Crippen LogP contribution in [-0.4, -0.2) is 40.3 Å². The molecule has 0 unspecified atom stereocenters. The molecular weight excluding hydrogens is 446 g/mol. The third-order valence-electron chi connectivity index (χ3n) is 5.49. The predicted molar refractivity (Wildman–Crippen MR) is 130 cm³/mol. The number of hydrogen-bond donors (Lipinski definition) is 1. The van der Waals surface area contributed by atoms with Crippen molar-refractivity contribution in [2.45, 2.75) is 77.4 Å². The van der Waals surface area contributed by atoms with E-state index in [2.05, 4.69) is 19.2 Å². The Labute approximate surface area is 197 Å². The van der Waals surface area contributed by atoms with Crippen molar-refractivity contribution >= 4 is 45.2 Å². The van der Waals surface area contributed by atoms with E-state index in [0.29, 0.717) is 37.2 Å². The lowest BCUT2D eigenvalue weighted by Crippen LogP contribution is -2.28. The molecular formula is C23H33N3O4S2. The summed E-state index contributed by atoms with van der Waals surface area (Å²) in [6.07, 6.45) is 5.98. The van der Waals surface area contributed by atoms with Crippen LogP contribution in [0.1, 0.15) is 63.3 Å². The van der Waals surface area contributed by atoms with E-state index in [1.807, 2.05) is 0 Å². The van der Waals surface area contributed by atoms with Crippen molar-refractivity contribution in [3.63, 3.8) is 0 Å². The van der Waals surface area contributed by atoms with Crippen LogP contribution in [0.4, 0.5) is 0 Å². The minimum Gasteiger partial charge on any atom is -0.466 e. The van der Waals surface area contributed by atoms with Gasteiger partial charge in [-0.05, 0) is 56.9 Å². The number of thiophene rings is 1. The maximum atomic E-state index is 13.4. The molecule has 0 aromatic carbocycles. The molecule has 176 valence electrons. The molecule has 3 rings (SSSR count). The van der Waals surface area contributed by atoms with Crippen molar-refractivity contribution in [2.75, 3.05) is 18.9 Å². The summed E-state index contributed by atoms with van der Waals surface area (Å²) in [6.45, 7) is 7.44. The molecule has 2 aromatic heterocycles. The van der Waals surface area contributed by atoms with Crippen molar-refractivity contribution in [3.05, 3.63) is 20.8 Å². The van der Waals surface area contributed by atoms with Crippen molar-refractivity contribution in [1.29, 1.82) is 0 Å². The first-order valence-corrected chi connectivity index (χ1v) is 13.3. The maximum absolute atomic E-state index is 13.4. The summed E-state index contributed by atoms with van der Waals surface area (Å²) in [5.41, 5.74) is 1.23. The minimum atomic E-state index is -0.249. The zero-order chi connectivity index (χ0) is 23.1. The van der Waals surface area contributed by atoms with Crippen LogP contribution < -0.4 is 10.9 Å². The van der Waals surface area contributed by atoms with Gasteiger partial charge in [-0.2, -0.15) is 0 Å². The van der Waals surface area contributed by atoms with E-state index in [9.17, 15) is 14.4 Å². The molecule has 1 aliphatic rings. The zero-order valence-corrected chi connectivity index (χ0v) is 20.8. The summed E-state index contributed by atoms with van der Waals surface area (Å²) in [5.74, 6) is 0.273. The second-order valence-electron chi connectivity index (χ2n) is 8.47. The highest BCUT2D eigenvalue weighted by atomic mass is 32.2. The van der Waals surface area contributed by atoms with Gasteiger partial charge in [-0.25, -0.2) is 4.98 Å². The lowest BCUT2D eigenvalue weighted by Gasteiger charge is -2.14. The number of nitrogens with one attached hydrogen (secondary N) is 1. The Morgan fingerprint density at radius 1 is 1.28 bits per heavy atom. The molecule has 2 aromatic rings. The molecule has 1 aliphatic carbocycles. The van der Waals surface area contributed by atoms with Crippen LogP contribution in [0, 0.1) is 5.92 Å². The summed E-state index contributed by atoms with van der Waals surface area (Å²) in [4.78, 5) is 44.1. The van der Waals surface area contributed by atoms with Crippen LogP contribution in [0.3, 0.4) is 0 Å². The van der Waals surface area contributed by atoms with Gasteiger partial charge in [0.1, 0.15) is 4.83 Å². The highest BCUT2D eigenvalue weighted by Gasteiger charge is 2.22. The molecule has 0 atom stereocenters. The Morgan fingerprint density at radius 2 is 2.06 bits per heavy atom. The van der Waals surface area contributed by atoms with Gasteiger partial charge in [0.2, 0.25) is 5.91 Å². The van der Waals surface area contributed by atoms with Gasteiger partial charge in [0, 0.05) is 24.4 Å². The molecule has 0 radical (unpaired) electrons. The third kappa shape index (κ3) is 6.34. The van der Waals surface area contributed by atoms with Gasteiger partial charge in [-0.3, -0.25) is 19.0 Å². The standard InChI is InChI=1S/C23H33N3O4S2/c1-4-30-19(28)10-7-12-24-18(27)14-31-23-25-21-20(16-8-5-6-9-17(16)32-21)22(29)26(23)13-11-15(2)3/h15H,4-14H2,1-3H3,(H,24,27). The average molecular weight is 480 g/mol. The van der Waals surface area contributed by atoms with Gasteiger partial charge in [-0.15, -0.1) is 11.3 Å². The van der Waals surface area contributed by atoms with Crippen LogP contribution in [0.2, 0.25) is 0 Å². The van der Waals surface area contributed by atoms with E-state index in [4.69, 9.17) is 9.72 Å². The molecule has 2 heterocycles. The Kier molecular flexibility index (Phi) is 9.16. The van der Waals surface area contributed by atoms with Crippen LogP contribution >= 0.6 is 23.1 Å². The topological polar surface area (TPSA) is 90.3 Å². The smallest absolute Gasteiger partial charge is 0.305 e. The molecule has 0 spiro atoms. The molecule has 0 fully saturated rings. The molecule has 1 amide bonds. The zero-order valence-electron chi connectivity index (χ0n) is 19.2. The lowest BCUT2D eigenvalue weighted by molar-refractivity contribution is -0.143. The van der Waals surface area contributed by atoms with E-state index < -0.39 is 0 Å². The van der Waals surface area contributed by atoms with Gasteiger partial charge in [0.15, 0.2) is 5.16 Å². The Hall–Kier alpha value is -1.87. The van der Waals surface area contributed by atoms with Crippen molar-refractivity contribution in [3.8, 4) is 0 Å².